The molecule has 2 N–H and O–H groups in total. The zero-order chi connectivity index (χ0) is 12.6. The van der Waals surface area contributed by atoms with Crippen LogP contribution in [0.2, 0.25) is 0 Å². The van der Waals surface area contributed by atoms with Crippen LogP contribution in [0, 0.1) is 0 Å². The van der Waals surface area contributed by atoms with E-state index in [0.29, 0.717) is 13.1 Å². The molecule has 1 aromatic carbocycles. The molecule has 3 heteroatoms. The molecule has 0 aromatic heterocycles. The smallest absolute Gasteiger partial charge is 0.0990 e. The van der Waals surface area contributed by atoms with Crippen LogP contribution in [0.3, 0.4) is 0 Å². The highest BCUT2D eigenvalue weighted by Crippen LogP contribution is 2.33. The first kappa shape index (κ1) is 12.4. The van der Waals surface area contributed by atoms with Gasteiger partial charge in [0.15, 0.2) is 0 Å². The summed E-state index contributed by atoms with van der Waals surface area (Å²) >= 11 is 0. The van der Waals surface area contributed by atoms with Gasteiger partial charge < -0.3 is 15.1 Å². The monoisotopic (exact) mass is 235 g/mol. The van der Waals surface area contributed by atoms with E-state index in [1.54, 1.807) is 0 Å². The lowest BCUT2D eigenvalue weighted by molar-refractivity contribution is 0.0572. The second-order valence-electron chi connectivity index (χ2n) is 5.81. The zero-order valence-electron chi connectivity index (χ0n) is 10.7. The number of benzene rings is 1. The van der Waals surface area contributed by atoms with E-state index in [2.05, 4.69) is 37.8 Å². The number of aliphatic hydroxyl groups excluding tert-OH is 2. The van der Waals surface area contributed by atoms with Gasteiger partial charge >= 0.3 is 0 Å². The molecule has 0 saturated carbocycles. The summed E-state index contributed by atoms with van der Waals surface area (Å²) in [6, 6.07) is 8.21. The minimum atomic E-state index is -0.636. The van der Waals surface area contributed by atoms with Gasteiger partial charge in [-0.3, -0.25) is 0 Å². The molecule has 0 aliphatic carbocycles. The minimum absolute atomic E-state index is 0.0646. The van der Waals surface area contributed by atoms with Crippen LogP contribution in [0.15, 0.2) is 24.3 Å². The molecule has 2 atom stereocenters. The van der Waals surface area contributed by atoms with Gasteiger partial charge in [0.1, 0.15) is 0 Å². The van der Waals surface area contributed by atoms with Crippen LogP contribution in [0.25, 0.3) is 0 Å². The first-order chi connectivity index (χ1) is 7.89. The normalized spacial score (nSPS) is 25.4. The molecule has 1 fully saturated rings. The predicted molar refractivity (Wildman–Crippen MR) is 69.4 cm³/mol. The number of hydrogen-bond donors (Lipinski definition) is 2. The molecule has 94 valence electrons. The summed E-state index contributed by atoms with van der Waals surface area (Å²) in [4.78, 5) is 2.07. The highest BCUT2D eigenvalue weighted by atomic mass is 16.3. The Kier molecular flexibility index (Phi) is 3.15. The van der Waals surface area contributed by atoms with Crippen LogP contribution in [0.5, 0.6) is 0 Å². The predicted octanol–water partition coefficient (Wildman–Crippen LogP) is 1.53. The fourth-order valence-corrected chi connectivity index (χ4v) is 2.35. The number of nitrogens with zero attached hydrogens (tertiary/aromatic N) is 1. The Balaban J connectivity index is 2.33. The standard InChI is InChI=1S/C14H21NO2/c1-14(2,3)10-6-4-5-7-11(10)15-8-12(16)13(17)9-15/h4-7,12-13,16-17H,8-9H2,1-3H3/t12-,13+. The van der Waals surface area contributed by atoms with Crippen molar-refractivity contribution >= 4 is 5.69 Å². The van der Waals surface area contributed by atoms with E-state index in [-0.39, 0.29) is 5.41 Å². The van der Waals surface area contributed by atoms with Gasteiger partial charge in [-0.15, -0.1) is 0 Å². The van der Waals surface area contributed by atoms with Gasteiger partial charge in [-0.2, -0.15) is 0 Å². The Morgan fingerprint density at radius 1 is 1.06 bits per heavy atom. The Labute approximate surface area is 103 Å². The fourth-order valence-electron chi connectivity index (χ4n) is 2.35. The maximum Gasteiger partial charge on any atom is 0.0990 e. The van der Waals surface area contributed by atoms with E-state index in [4.69, 9.17) is 0 Å². The average Bonchev–Trinajstić information content (AvgIpc) is 2.58. The summed E-state index contributed by atoms with van der Waals surface area (Å²) in [6.45, 7) is 7.54. The minimum Gasteiger partial charge on any atom is -0.389 e. The van der Waals surface area contributed by atoms with Gasteiger partial charge in [-0.25, -0.2) is 0 Å². The summed E-state index contributed by atoms with van der Waals surface area (Å²) in [6.07, 6.45) is -1.27. The third-order valence-corrected chi connectivity index (χ3v) is 3.31. The topological polar surface area (TPSA) is 43.7 Å². The van der Waals surface area contributed by atoms with Crippen molar-refractivity contribution < 1.29 is 10.2 Å². The number of hydrogen-bond acceptors (Lipinski definition) is 3. The van der Waals surface area contributed by atoms with Crippen molar-refractivity contribution in [3.05, 3.63) is 29.8 Å². The molecule has 1 aliphatic rings. The van der Waals surface area contributed by atoms with E-state index < -0.39 is 12.2 Å². The van der Waals surface area contributed by atoms with Gasteiger partial charge in [0.05, 0.1) is 12.2 Å². The maximum atomic E-state index is 9.63. The first-order valence-corrected chi connectivity index (χ1v) is 6.10. The molecule has 2 rings (SSSR count). The van der Waals surface area contributed by atoms with E-state index >= 15 is 0 Å². The molecule has 0 amide bonds. The Bertz CT molecular complexity index is 387. The van der Waals surface area contributed by atoms with Crippen LogP contribution in [-0.4, -0.2) is 35.5 Å². The summed E-state index contributed by atoms with van der Waals surface area (Å²) in [5.74, 6) is 0. The van der Waals surface area contributed by atoms with E-state index in [0.717, 1.165) is 5.69 Å². The fraction of sp³-hybridized carbons (Fsp3) is 0.571. The molecule has 1 saturated heterocycles. The molecule has 3 nitrogen and oxygen atoms in total. The maximum absolute atomic E-state index is 9.63. The molecule has 0 unspecified atom stereocenters. The second-order valence-corrected chi connectivity index (χ2v) is 5.81. The van der Waals surface area contributed by atoms with E-state index in [1.807, 2.05) is 12.1 Å². The third-order valence-electron chi connectivity index (χ3n) is 3.31. The zero-order valence-corrected chi connectivity index (χ0v) is 10.7. The quantitative estimate of drug-likeness (QED) is 0.776. The van der Waals surface area contributed by atoms with Gasteiger partial charge in [-0.1, -0.05) is 39.0 Å². The van der Waals surface area contributed by atoms with Crippen molar-refractivity contribution in [2.45, 2.75) is 38.4 Å². The number of aliphatic hydroxyl groups is 2. The lowest BCUT2D eigenvalue weighted by Crippen LogP contribution is -2.25. The lowest BCUT2D eigenvalue weighted by Gasteiger charge is -2.28. The first-order valence-electron chi connectivity index (χ1n) is 6.10. The summed E-state index contributed by atoms with van der Waals surface area (Å²) in [7, 11) is 0. The van der Waals surface area contributed by atoms with Crippen LogP contribution < -0.4 is 4.90 Å². The van der Waals surface area contributed by atoms with E-state index in [1.165, 1.54) is 5.56 Å². The van der Waals surface area contributed by atoms with Gasteiger partial charge in [0.2, 0.25) is 0 Å². The number of rotatable bonds is 1. The van der Waals surface area contributed by atoms with Crippen molar-refractivity contribution in [3.63, 3.8) is 0 Å². The summed E-state index contributed by atoms with van der Waals surface area (Å²) < 4.78 is 0. The highest BCUT2D eigenvalue weighted by Gasteiger charge is 2.32. The Morgan fingerprint density at radius 2 is 1.59 bits per heavy atom. The van der Waals surface area contributed by atoms with Crippen molar-refractivity contribution in [2.75, 3.05) is 18.0 Å². The molecule has 1 aliphatic heterocycles. The summed E-state index contributed by atoms with van der Waals surface area (Å²) in [5.41, 5.74) is 2.44. The number of para-hydroxylation sites is 1. The van der Waals surface area contributed by atoms with Crippen LogP contribution >= 0.6 is 0 Å². The molecule has 0 bridgehead atoms. The SMILES string of the molecule is CC(C)(C)c1ccccc1N1C[C@@H](O)[C@@H](O)C1. The van der Waals surface area contributed by atoms with E-state index in [9.17, 15) is 10.2 Å². The average molecular weight is 235 g/mol. The second kappa shape index (κ2) is 4.31. The molecule has 17 heavy (non-hydrogen) atoms. The lowest BCUT2D eigenvalue weighted by atomic mass is 9.85. The molecular weight excluding hydrogens is 214 g/mol. The Hall–Kier alpha value is -1.06. The number of β-amino-alcohol motifs (C(OH)–C–C–N with tert-alkyl or cyclic N) is 2. The Morgan fingerprint density at radius 3 is 2.12 bits per heavy atom. The van der Waals surface area contributed by atoms with Crippen molar-refractivity contribution in [3.8, 4) is 0 Å². The van der Waals surface area contributed by atoms with Crippen molar-refractivity contribution in [1.82, 2.24) is 0 Å². The van der Waals surface area contributed by atoms with Crippen molar-refractivity contribution in [1.29, 1.82) is 0 Å². The van der Waals surface area contributed by atoms with Crippen LogP contribution in [-0.2, 0) is 5.41 Å². The summed E-state index contributed by atoms with van der Waals surface area (Å²) in [5, 5.41) is 19.3. The van der Waals surface area contributed by atoms with Gasteiger partial charge in [0.25, 0.3) is 0 Å². The number of anilines is 1. The van der Waals surface area contributed by atoms with Crippen molar-refractivity contribution in [2.24, 2.45) is 0 Å². The molecule has 0 spiro atoms. The van der Waals surface area contributed by atoms with Crippen LogP contribution in [0.4, 0.5) is 5.69 Å². The van der Waals surface area contributed by atoms with Gasteiger partial charge in [0, 0.05) is 18.8 Å². The van der Waals surface area contributed by atoms with Gasteiger partial charge in [-0.05, 0) is 17.0 Å². The molecule has 1 aromatic rings. The van der Waals surface area contributed by atoms with Crippen LogP contribution in [0.1, 0.15) is 26.3 Å². The third kappa shape index (κ3) is 2.45. The largest absolute Gasteiger partial charge is 0.389 e. The molecular formula is C14H21NO2. The highest BCUT2D eigenvalue weighted by molar-refractivity contribution is 5.57. The molecule has 1 heterocycles. The molecule has 0 radical (unpaired) electrons.